The van der Waals surface area contributed by atoms with E-state index in [1.54, 1.807) is 0 Å². The molecule has 4 N–H and O–H groups in total. The van der Waals surface area contributed by atoms with E-state index in [1.807, 2.05) is 32.9 Å². The maximum Gasteiger partial charge on any atom is 0.416 e. The number of ether oxygens (including phenoxy) is 1. The van der Waals surface area contributed by atoms with Gasteiger partial charge in [0.2, 0.25) is 0 Å². The van der Waals surface area contributed by atoms with Crippen molar-refractivity contribution >= 4 is 29.3 Å². The largest absolute Gasteiger partial charge is 0.443 e. The minimum absolute atomic E-state index is 0.00838. The Morgan fingerprint density at radius 2 is 1.86 bits per heavy atom. The third kappa shape index (κ3) is 6.95. The molecule has 0 radical (unpaired) electrons. The van der Waals surface area contributed by atoms with E-state index in [4.69, 9.17) is 10.5 Å². The van der Waals surface area contributed by atoms with Gasteiger partial charge in [-0.15, -0.1) is 0 Å². The Balaban J connectivity index is 1.61. The summed E-state index contributed by atoms with van der Waals surface area (Å²) >= 11 is 0. The molecule has 0 unspecified atom stereocenters. The van der Waals surface area contributed by atoms with Gasteiger partial charge in [0.15, 0.2) is 17.3 Å². The number of carbonyl (C=O) groups is 2. The highest BCUT2D eigenvalue weighted by atomic mass is 16.6. The van der Waals surface area contributed by atoms with Gasteiger partial charge in [-0.1, -0.05) is 12.1 Å². The molecule has 0 aliphatic carbocycles. The molecule has 3 heterocycles. The third-order valence-electron chi connectivity index (χ3n) is 6.83. The van der Waals surface area contributed by atoms with Crippen LogP contribution in [0, 0.1) is 0 Å². The summed E-state index contributed by atoms with van der Waals surface area (Å²) < 4.78 is 5.70. The average Bonchev–Trinajstić information content (AvgIpc) is 2.85. The molecule has 10 heteroatoms. The lowest BCUT2D eigenvalue weighted by molar-refractivity contribution is 0.0559. The molecule has 1 aromatic carbocycles. The summed E-state index contributed by atoms with van der Waals surface area (Å²) in [7, 11) is 2.16. The Labute approximate surface area is 219 Å². The van der Waals surface area contributed by atoms with Gasteiger partial charge in [-0.3, -0.25) is 9.69 Å². The first-order chi connectivity index (χ1) is 17.6. The minimum atomic E-state index is -0.701. The second-order valence-electron chi connectivity index (χ2n) is 11.0. The van der Waals surface area contributed by atoms with Crippen molar-refractivity contribution in [3.63, 3.8) is 0 Å². The van der Waals surface area contributed by atoms with Crippen LogP contribution in [-0.4, -0.2) is 71.7 Å². The topological polar surface area (TPSA) is 126 Å². The van der Waals surface area contributed by atoms with E-state index < -0.39 is 17.6 Å². The zero-order valence-electron chi connectivity index (χ0n) is 22.3. The Morgan fingerprint density at radius 1 is 1.16 bits per heavy atom. The standard InChI is InChI=1S/C27H39N7O3/c1-27(2,3)37-26(36)34(21-6-5-13-29-16-21)22-17-30-23(24(28)35)25(32-22)31-20-9-7-18(8-10-20)19-11-14-33(4)15-12-19/h7-10,17,19,21,29H,5-6,11-16H2,1-4H3,(H2,28,35)(H,31,32)/t21-/m1/s1. The van der Waals surface area contributed by atoms with Crippen molar-refractivity contribution in [2.75, 3.05) is 43.4 Å². The number of rotatable bonds is 6. The average molecular weight is 510 g/mol. The predicted octanol–water partition coefficient (Wildman–Crippen LogP) is 3.62. The second kappa shape index (κ2) is 11.4. The molecule has 10 nitrogen and oxygen atoms in total. The summed E-state index contributed by atoms with van der Waals surface area (Å²) in [4.78, 5) is 38.2. The number of hydrogen-bond donors (Lipinski definition) is 3. The summed E-state index contributed by atoms with van der Waals surface area (Å²) in [5, 5.41) is 6.53. The molecule has 0 bridgehead atoms. The number of likely N-dealkylation sites (tertiary alicyclic amines) is 1. The summed E-state index contributed by atoms with van der Waals surface area (Å²) in [6.07, 6.45) is 4.90. The van der Waals surface area contributed by atoms with E-state index >= 15 is 0 Å². The van der Waals surface area contributed by atoms with E-state index in [9.17, 15) is 9.59 Å². The normalized spacial score (nSPS) is 19.3. The Kier molecular flexibility index (Phi) is 8.29. The molecule has 37 heavy (non-hydrogen) atoms. The van der Waals surface area contributed by atoms with Crippen molar-refractivity contribution in [2.45, 2.75) is 64.0 Å². The monoisotopic (exact) mass is 509 g/mol. The summed E-state index contributed by atoms with van der Waals surface area (Å²) in [5.74, 6) is 0.349. The number of aromatic nitrogens is 2. The number of anilines is 3. The number of piperidine rings is 2. The Bertz CT molecular complexity index is 1090. The van der Waals surface area contributed by atoms with Gasteiger partial charge in [-0.05, 0) is 96.8 Å². The number of nitrogens with two attached hydrogens (primary N) is 1. The number of hydrogen-bond acceptors (Lipinski definition) is 8. The number of nitrogens with one attached hydrogen (secondary N) is 2. The smallest absolute Gasteiger partial charge is 0.416 e. The Morgan fingerprint density at radius 3 is 2.46 bits per heavy atom. The molecular weight excluding hydrogens is 470 g/mol. The van der Waals surface area contributed by atoms with E-state index in [2.05, 4.69) is 44.7 Å². The van der Waals surface area contributed by atoms with Crippen LogP contribution in [0.2, 0.25) is 0 Å². The van der Waals surface area contributed by atoms with Crippen LogP contribution in [0.4, 0.5) is 22.1 Å². The van der Waals surface area contributed by atoms with Crippen molar-refractivity contribution < 1.29 is 14.3 Å². The van der Waals surface area contributed by atoms with Crippen LogP contribution in [0.25, 0.3) is 0 Å². The van der Waals surface area contributed by atoms with Crippen molar-refractivity contribution in [3.05, 3.63) is 41.7 Å². The highest BCUT2D eigenvalue weighted by Crippen LogP contribution is 2.30. The summed E-state index contributed by atoms with van der Waals surface area (Å²) in [6, 6.07) is 8.02. The predicted molar refractivity (Wildman–Crippen MR) is 144 cm³/mol. The first kappa shape index (κ1) is 26.8. The molecule has 1 aromatic heterocycles. The van der Waals surface area contributed by atoms with E-state index in [-0.39, 0.29) is 17.6 Å². The van der Waals surface area contributed by atoms with Crippen LogP contribution in [0.3, 0.4) is 0 Å². The van der Waals surface area contributed by atoms with Crippen molar-refractivity contribution in [2.24, 2.45) is 5.73 Å². The lowest BCUT2D eigenvalue weighted by atomic mass is 9.89. The molecule has 4 rings (SSSR count). The fourth-order valence-corrected chi connectivity index (χ4v) is 4.88. The van der Waals surface area contributed by atoms with Gasteiger partial charge in [0.05, 0.1) is 12.2 Å². The van der Waals surface area contributed by atoms with Crippen LogP contribution in [0.5, 0.6) is 0 Å². The molecule has 1 atom stereocenters. The van der Waals surface area contributed by atoms with Crippen LogP contribution in [0.15, 0.2) is 30.5 Å². The molecule has 200 valence electrons. The molecule has 2 amide bonds. The highest BCUT2D eigenvalue weighted by molar-refractivity contribution is 5.97. The molecule has 2 saturated heterocycles. The lowest BCUT2D eigenvalue weighted by Gasteiger charge is -2.35. The van der Waals surface area contributed by atoms with Crippen molar-refractivity contribution in [1.82, 2.24) is 20.2 Å². The molecule has 2 fully saturated rings. The zero-order chi connectivity index (χ0) is 26.6. The minimum Gasteiger partial charge on any atom is -0.443 e. The van der Waals surface area contributed by atoms with Gasteiger partial charge >= 0.3 is 6.09 Å². The van der Waals surface area contributed by atoms with Gasteiger partial charge in [0.25, 0.3) is 5.91 Å². The molecule has 0 saturated carbocycles. The van der Waals surface area contributed by atoms with E-state index in [1.165, 1.54) is 16.7 Å². The number of carbonyl (C=O) groups excluding carboxylic acids is 2. The van der Waals surface area contributed by atoms with Crippen LogP contribution in [-0.2, 0) is 4.74 Å². The fraction of sp³-hybridized carbons (Fsp3) is 0.556. The number of amides is 2. The Hall–Kier alpha value is -3.24. The highest BCUT2D eigenvalue weighted by Gasteiger charge is 2.32. The van der Waals surface area contributed by atoms with Gasteiger partial charge in [-0.2, -0.15) is 0 Å². The molecule has 2 aliphatic heterocycles. The zero-order valence-corrected chi connectivity index (χ0v) is 22.3. The summed E-state index contributed by atoms with van der Waals surface area (Å²) in [5.41, 5.74) is 7.01. The fourth-order valence-electron chi connectivity index (χ4n) is 4.88. The summed E-state index contributed by atoms with van der Waals surface area (Å²) in [6.45, 7) is 9.18. The second-order valence-corrected chi connectivity index (χ2v) is 11.0. The van der Waals surface area contributed by atoms with Gasteiger partial charge < -0.3 is 26.0 Å². The number of nitrogens with zero attached hydrogens (tertiary/aromatic N) is 4. The number of benzene rings is 1. The van der Waals surface area contributed by atoms with Crippen LogP contribution < -0.4 is 21.3 Å². The molecule has 0 spiro atoms. The number of primary amides is 1. The van der Waals surface area contributed by atoms with Gasteiger partial charge in [0, 0.05) is 12.2 Å². The van der Waals surface area contributed by atoms with Gasteiger partial charge in [-0.25, -0.2) is 14.8 Å². The first-order valence-electron chi connectivity index (χ1n) is 13.1. The van der Waals surface area contributed by atoms with Crippen molar-refractivity contribution in [3.8, 4) is 0 Å². The van der Waals surface area contributed by atoms with Crippen LogP contribution in [0.1, 0.15) is 68.4 Å². The first-order valence-corrected chi connectivity index (χ1v) is 13.1. The lowest BCUT2D eigenvalue weighted by Crippen LogP contribution is -2.51. The van der Waals surface area contributed by atoms with E-state index in [0.717, 1.165) is 51.0 Å². The van der Waals surface area contributed by atoms with Gasteiger partial charge in [0.1, 0.15) is 5.60 Å². The quantitative estimate of drug-likeness (QED) is 0.539. The maximum absolute atomic E-state index is 13.2. The van der Waals surface area contributed by atoms with Crippen molar-refractivity contribution in [1.29, 1.82) is 0 Å². The third-order valence-corrected chi connectivity index (χ3v) is 6.83. The molecule has 2 aromatic rings. The van der Waals surface area contributed by atoms with Crippen LogP contribution >= 0.6 is 0 Å². The maximum atomic E-state index is 13.2. The molecule has 2 aliphatic rings. The SMILES string of the molecule is CN1CCC(c2ccc(Nc3nc(N(C(=O)OC(C)(C)C)[C@@H]4CCCNC4)cnc3C(N)=O)cc2)CC1. The molecular formula is C27H39N7O3. The van der Waals surface area contributed by atoms with E-state index in [0.29, 0.717) is 18.3 Å².